The van der Waals surface area contributed by atoms with E-state index >= 15 is 0 Å². The van der Waals surface area contributed by atoms with Gasteiger partial charge in [0.1, 0.15) is 11.5 Å². The van der Waals surface area contributed by atoms with Crippen LogP contribution in [0.2, 0.25) is 0 Å². The highest BCUT2D eigenvalue weighted by atomic mass is 16.3. The first-order chi connectivity index (χ1) is 8.97. The second kappa shape index (κ2) is 5.43. The number of aryl methyl sites for hydroxylation is 2. The van der Waals surface area contributed by atoms with E-state index in [0.29, 0.717) is 17.2 Å². The Morgan fingerprint density at radius 2 is 1.79 bits per heavy atom. The molecule has 100 valence electrons. The Morgan fingerprint density at radius 3 is 2.26 bits per heavy atom. The van der Waals surface area contributed by atoms with Gasteiger partial charge in [-0.25, -0.2) is 0 Å². The molecule has 2 aromatic rings. The number of furan rings is 1. The van der Waals surface area contributed by atoms with E-state index in [9.17, 15) is 4.79 Å². The van der Waals surface area contributed by atoms with Crippen molar-refractivity contribution in [3.8, 4) is 0 Å². The van der Waals surface area contributed by atoms with E-state index in [1.165, 1.54) is 5.56 Å². The monoisotopic (exact) mass is 256 g/mol. The van der Waals surface area contributed by atoms with Crippen LogP contribution in [0.1, 0.15) is 46.9 Å². The Labute approximate surface area is 114 Å². The van der Waals surface area contributed by atoms with Crippen LogP contribution in [-0.2, 0) is 6.42 Å². The minimum Gasteiger partial charge on any atom is -0.466 e. The third-order valence-electron chi connectivity index (χ3n) is 3.15. The first-order valence-electron chi connectivity index (χ1n) is 6.68. The zero-order valence-corrected chi connectivity index (χ0v) is 12.0. The van der Waals surface area contributed by atoms with Gasteiger partial charge in [-0.15, -0.1) is 0 Å². The Hall–Kier alpha value is -1.83. The minimum atomic E-state index is 0.0328. The van der Waals surface area contributed by atoms with E-state index in [1.54, 1.807) is 6.07 Å². The summed E-state index contributed by atoms with van der Waals surface area (Å²) in [5.41, 5.74) is 2.65. The predicted octanol–water partition coefficient (Wildman–Crippen LogP) is 4.33. The van der Waals surface area contributed by atoms with Crippen LogP contribution >= 0.6 is 0 Å². The highest BCUT2D eigenvalue weighted by molar-refractivity contribution is 6.09. The molecule has 2 rings (SSSR count). The largest absolute Gasteiger partial charge is 0.466 e. The van der Waals surface area contributed by atoms with Crippen molar-refractivity contribution in [2.45, 2.75) is 34.1 Å². The molecule has 0 atom stereocenters. The first-order valence-corrected chi connectivity index (χ1v) is 6.68. The van der Waals surface area contributed by atoms with Crippen molar-refractivity contribution in [2.75, 3.05) is 0 Å². The van der Waals surface area contributed by atoms with Crippen molar-refractivity contribution < 1.29 is 9.21 Å². The van der Waals surface area contributed by atoms with Gasteiger partial charge in [0.05, 0.1) is 5.56 Å². The number of carbonyl (C=O) groups is 1. The molecule has 1 heterocycles. The van der Waals surface area contributed by atoms with Crippen LogP contribution in [0.5, 0.6) is 0 Å². The summed E-state index contributed by atoms with van der Waals surface area (Å²) in [6.07, 6.45) is 1.04. The van der Waals surface area contributed by atoms with Gasteiger partial charge in [0.2, 0.25) is 0 Å². The molecule has 0 aliphatic carbocycles. The fraction of sp³-hybridized carbons (Fsp3) is 0.353. The molecule has 0 aliphatic rings. The molecule has 0 N–H and O–H groups in total. The molecular weight excluding hydrogens is 236 g/mol. The summed E-state index contributed by atoms with van der Waals surface area (Å²) in [5, 5.41) is 0. The molecule has 0 unspecified atom stereocenters. The van der Waals surface area contributed by atoms with Crippen molar-refractivity contribution in [3.05, 3.63) is 58.5 Å². The van der Waals surface area contributed by atoms with Gasteiger partial charge in [-0.3, -0.25) is 4.79 Å². The van der Waals surface area contributed by atoms with Gasteiger partial charge in [0, 0.05) is 5.56 Å². The average molecular weight is 256 g/mol. The van der Waals surface area contributed by atoms with E-state index in [2.05, 4.69) is 13.8 Å². The lowest BCUT2D eigenvalue weighted by molar-refractivity contribution is 0.103. The third kappa shape index (κ3) is 3.14. The van der Waals surface area contributed by atoms with E-state index in [1.807, 2.05) is 38.1 Å². The maximum Gasteiger partial charge on any atom is 0.196 e. The number of benzene rings is 1. The highest BCUT2D eigenvalue weighted by Crippen LogP contribution is 2.19. The summed E-state index contributed by atoms with van der Waals surface area (Å²) in [6, 6.07) is 9.69. The van der Waals surface area contributed by atoms with E-state index in [-0.39, 0.29) is 5.78 Å². The number of ketones is 1. The summed E-state index contributed by atoms with van der Waals surface area (Å²) in [4.78, 5) is 12.4. The van der Waals surface area contributed by atoms with Crippen LogP contribution in [0.25, 0.3) is 0 Å². The number of hydrogen-bond donors (Lipinski definition) is 0. The van der Waals surface area contributed by atoms with E-state index < -0.39 is 0 Å². The smallest absolute Gasteiger partial charge is 0.196 e. The lowest BCUT2D eigenvalue weighted by Gasteiger charge is -2.05. The lowest BCUT2D eigenvalue weighted by Crippen LogP contribution is -2.02. The average Bonchev–Trinajstić information content (AvgIpc) is 2.68. The van der Waals surface area contributed by atoms with Crippen LogP contribution in [0.3, 0.4) is 0 Å². The summed E-state index contributed by atoms with van der Waals surface area (Å²) < 4.78 is 5.41. The molecule has 1 aromatic heterocycles. The topological polar surface area (TPSA) is 30.2 Å². The Morgan fingerprint density at radius 1 is 1.16 bits per heavy atom. The lowest BCUT2D eigenvalue weighted by atomic mass is 9.98. The quantitative estimate of drug-likeness (QED) is 0.762. The zero-order valence-electron chi connectivity index (χ0n) is 12.0. The minimum absolute atomic E-state index is 0.0328. The molecule has 0 saturated carbocycles. The number of carbonyl (C=O) groups excluding carboxylic acids is 1. The summed E-state index contributed by atoms with van der Waals surface area (Å²) in [7, 11) is 0. The van der Waals surface area contributed by atoms with Crippen LogP contribution in [0.15, 0.2) is 34.7 Å². The van der Waals surface area contributed by atoms with Crippen LogP contribution in [0.4, 0.5) is 0 Å². The first kappa shape index (κ1) is 13.6. The number of rotatable bonds is 4. The van der Waals surface area contributed by atoms with Gasteiger partial charge in [0.25, 0.3) is 0 Å². The van der Waals surface area contributed by atoms with Crippen molar-refractivity contribution >= 4 is 5.78 Å². The molecule has 0 radical (unpaired) electrons. The normalized spacial score (nSPS) is 11.0. The van der Waals surface area contributed by atoms with Gasteiger partial charge in [-0.1, -0.05) is 38.1 Å². The zero-order chi connectivity index (χ0) is 14.0. The Balaban J connectivity index is 2.22. The molecule has 1 aromatic carbocycles. The van der Waals surface area contributed by atoms with Crippen LogP contribution in [-0.4, -0.2) is 5.78 Å². The van der Waals surface area contributed by atoms with Gasteiger partial charge >= 0.3 is 0 Å². The van der Waals surface area contributed by atoms with Crippen LogP contribution < -0.4 is 0 Å². The van der Waals surface area contributed by atoms with Crippen molar-refractivity contribution in [3.63, 3.8) is 0 Å². The van der Waals surface area contributed by atoms with Gasteiger partial charge in [0.15, 0.2) is 5.78 Å². The summed E-state index contributed by atoms with van der Waals surface area (Å²) in [6.45, 7) is 8.07. The molecule has 0 amide bonds. The molecular formula is C17H20O2. The third-order valence-corrected chi connectivity index (χ3v) is 3.15. The van der Waals surface area contributed by atoms with Gasteiger partial charge in [-0.2, -0.15) is 0 Å². The fourth-order valence-corrected chi connectivity index (χ4v) is 2.28. The maximum atomic E-state index is 12.4. The molecule has 19 heavy (non-hydrogen) atoms. The molecule has 0 spiro atoms. The Kier molecular flexibility index (Phi) is 3.89. The standard InChI is InChI=1S/C17H20O2/c1-11(2)9-14-5-7-15(8-6-14)17(18)16-10-12(3)19-13(16)4/h5-8,10-11H,9H2,1-4H3. The van der Waals surface area contributed by atoms with E-state index in [0.717, 1.165) is 17.7 Å². The van der Waals surface area contributed by atoms with Crippen LogP contribution in [0, 0.1) is 19.8 Å². The van der Waals surface area contributed by atoms with Gasteiger partial charge in [-0.05, 0) is 37.8 Å². The molecule has 0 fully saturated rings. The Bertz CT molecular complexity index is 574. The summed E-state index contributed by atoms with van der Waals surface area (Å²) in [5.74, 6) is 2.12. The summed E-state index contributed by atoms with van der Waals surface area (Å²) >= 11 is 0. The molecule has 0 aliphatic heterocycles. The van der Waals surface area contributed by atoms with Gasteiger partial charge < -0.3 is 4.42 Å². The number of hydrogen-bond acceptors (Lipinski definition) is 2. The molecule has 0 bridgehead atoms. The predicted molar refractivity (Wildman–Crippen MR) is 76.6 cm³/mol. The van der Waals surface area contributed by atoms with E-state index in [4.69, 9.17) is 4.42 Å². The molecule has 0 saturated heterocycles. The SMILES string of the molecule is Cc1cc(C(=O)c2ccc(CC(C)C)cc2)c(C)o1. The fourth-order valence-electron chi connectivity index (χ4n) is 2.28. The van der Waals surface area contributed by atoms with Crippen molar-refractivity contribution in [1.29, 1.82) is 0 Å². The maximum absolute atomic E-state index is 12.4. The second-order valence-electron chi connectivity index (χ2n) is 5.45. The molecule has 2 heteroatoms. The highest BCUT2D eigenvalue weighted by Gasteiger charge is 2.15. The second-order valence-corrected chi connectivity index (χ2v) is 5.45. The molecule has 2 nitrogen and oxygen atoms in total. The van der Waals surface area contributed by atoms with Crippen molar-refractivity contribution in [1.82, 2.24) is 0 Å². The van der Waals surface area contributed by atoms with Crippen molar-refractivity contribution in [2.24, 2.45) is 5.92 Å².